The number of amidine groups is 1. The van der Waals surface area contributed by atoms with Crippen molar-refractivity contribution >= 4 is 49.3 Å². The molecule has 0 aliphatic carbocycles. The Bertz CT molecular complexity index is 509. The molecule has 1 aliphatic heterocycles. The summed E-state index contributed by atoms with van der Waals surface area (Å²) in [6.45, 7) is 1.34. The second-order valence-electron chi connectivity index (χ2n) is 3.04. The summed E-state index contributed by atoms with van der Waals surface area (Å²) in [4.78, 5) is 3.04. The van der Waals surface area contributed by atoms with Crippen molar-refractivity contribution in [2.24, 2.45) is 4.99 Å². The van der Waals surface area contributed by atoms with E-state index >= 15 is 0 Å². The van der Waals surface area contributed by atoms with Crippen LogP contribution in [-0.4, -0.2) is 33.1 Å². The normalized spacial score (nSPS) is 22.4. The van der Waals surface area contributed by atoms with Gasteiger partial charge in [0.05, 0.1) is 4.91 Å². The van der Waals surface area contributed by atoms with E-state index in [0.717, 1.165) is 6.26 Å². The third-order valence-electron chi connectivity index (χ3n) is 1.67. The van der Waals surface area contributed by atoms with Crippen molar-refractivity contribution in [2.45, 2.75) is 11.4 Å². The highest BCUT2D eigenvalue weighted by molar-refractivity contribution is 8.05. The molecule has 1 heterocycles. The van der Waals surface area contributed by atoms with Crippen LogP contribution < -0.4 is 5.32 Å². The van der Waals surface area contributed by atoms with Crippen molar-refractivity contribution in [1.29, 1.82) is 0 Å². The van der Waals surface area contributed by atoms with Gasteiger partial charge in [0.15, 0.2) is 0 Å². The first-order valence-electron chi connectivity index (χ1n) is 3.81. The zero-order valence-corrected chi connectivity index (χ0v) is 11.3. The number of rotatable bonds is 1. The Morgan fingerprint density at radius 1 is 1.50 bits per heavy atom. The van der Waals surface area contributed by atoms with Crippen LogP contribution in [0.15, 0.2) is 15.6 Å². The SMILES string of the molecule is CC1=C(S(=O)[O-])C(Cl)(Cl)N=C(S(C)(=O)=O)N1. The second-order valence-corrected chi connectivity index (χ2v) is 7.14. The van der Waals surface area contributed by atoms with E-state index in [9.17, 15) is 17.2 Å². The number of sulfone groups is 1. The first-order valence-corrected chi connectivity index (χ1v) is 7.53. The molecule has 0 saturated heterocycles. The topological polar surface area (TPSA) is 98.7 Å². The van der Waals surface area contributed by atoms with E-state index in [1.807, 2.05) is 0 Å². The van der Waals surface area contributed by atoms with Crippen molar-refractivity contribution in [1.82, 2.24) is 5.32 Å². The van der Waals surface area contributed by atoms with Crippen molar-refractivity contribution in [3.8, 4) is 0 Å². The highest BCUT2D eigenvalue weighted by atomic mass is 35.5. The predicted octanol–water partition coefficient (Wildman–Crippen LogP) is 0.232. The van der Waals surface area contributed by atoms with Crippen LogP contribution in [0.3, 0.4) is 0 Å². The van der Waals surface area contributed by atoms with Crippen LogP contribution in [0, 0.1) is 0 Å². The molecule has 1 unspecified atom stereocenters. The van der Waals surface area contributed by atoms with Crippen molar-refractivity contribution in [3.05, 3.63) is 10.6 Å². The van der Waals surface area contributed by atoms with Gasteiger partial charge in [-0.1, -0.05) is 23.2 Å². The van der Waals surface area contributed by atoms with Gasteiger partial charge in [-0.2, -0.15) is 0 Å². The molecule has 0 saturated carbocycles. The lowest BCUT2D eigenvalue weighted by Gasteiger charge is -2.28. The molecular formula is C6H7Cl2N2O4S2-. The molecule has 10 heteroatoms. The van der Waals surface area contributed by atoms with Gasteiger partial charge >= 0.3 is 0 Å². The van der Waals surface area contributed by atoms with Gasteiger partial charge in [0.1, 0.15) is 0 Å². The molecule has 0 aromatic heterocycles. The monoisotopic (exact) mass is 305 g/mol. The number of alkyl halides is 2. The van der Waals surface area contributed by atoms with Gasteiger partial charge in [-0.15, -0.1) is 0 Å². The van der Waals surface area contributed by atoms with Gasteiger partial charge in [-0.3, -0.25) is 4.21 Å². The van der Waals surface area contributed by atoms with Gasteiger partial charge in [0, 0.05) is 12.0 Å². The highest BCUT2D eigenvalue weighted by Crippen LogP contribution is 2.37. The maximum absolute atomic E-state index is 11.2. The average molecular weight is 306 g/mol. The second kappa shape index (κ2) is 4.26. The molecule has 0 amide bonds. The lowest BCUT2D eigenvalue weighted by Crippen LogP contribution is -2.39. The molecule has 1 aliphatic rings. The van der Waals surface area contributed by atoms with Gasteiger partial charge in [-0.25, -0.2) is 13.4 Å². The smallest absolute Gasteiger partial charge is 0.245 e. The van der Waals surface area contributed by atoms with Gasteiger partial charge in [0.2, 0.25) is 19.5 Å². The fraction of sp³-hybridized carbons (Fsp3) is 0.500. The van der Waals surface area contributed by atoms with E-state index < -0.39 is 35.4 Å². The van der Waals surface area contributed by atoms with Crippen LogP contribution in [0.25, 0.3) is 0 Å². The number of hydrogen-bond donors (Lipinski definition) is 1. The van der Waals surface area contributed by atoms with Gasteiger partial charge < -0.3 is 9.87 Å². The lowest BCUT2D eigenvalue weighted by atomic mass is 10.4. The molecule has 1 atom stereocenters. The number of nitrogens with zero attached hydrogens (tertiary/aromatic N) is 1. The molecule has 92 valence electrons. The maximum atomic E-state index is 11.2. The minimum absolute atomic E-state index is 0.0220. The van der Waals surface area contributed by atoms with E-state index in [1.165, 1.54) is 6.92 Å². The zero-order chi connectivity index (χ0) is 12.7. The first-order chi connectivity index (χ1) is 7.05. The van der Waals surface area contributed by atoms with Gasteiger partial charge in [0.25, 0.3) is 0 Å². The molecular weight excluding hydrogens is 299 g/mol. The third kappa shape index (κ3) is 2.75. The van der Waals surface area contributed by atoms with Crippen LogP contribution in [0.5, 0.6) is 0 Å². The number of allylic oxidation sites excluding steroid dienone is 1. The summed E-state index contributed by atoms with van der Waals surface area (Å²) < 4.78 is 42.0. The summed E-state index contributed by atoms with van der Waals surface area (Å²) in [5, 5.41) is 1.85. The van der Waals surface area contributed by atoms with Crippen LogP contribution in [-0.2, 0) is 20.9 Å². The highest BCUT2D eigenvalue weighted by Gasteiger charge is 2.37. The Kier molecular flexibility index (Phi) is 3.71. The minimum atomic E-state index is -3.64. The van der Waals surface area contributed by atoms with E-state index in [2.05, 4.69) is 10.3 Å². The number of halogens is 2. The van der Waals surface area contributed by atoms with E-state index in [0.29, 0.717) is 0 Å². The van der Waals surface area contributed by atoms with Crippen LogP contribution >= 0.6 is 23.2 Å². The Hall–Kier alpha value is -0.150. The summed E-state index contributed by atoms with van der Waals surface area (Å²) in [5.41, 5.74) is 0.0220. The fourth-order valence-corrected chi connectivity index (χ4v) is 3.17. The molecule has 1 N–H and O–H groups in total. The third-order valence-corrected chi connectivity index (χ3v) is 4.27. The van der Waals surface area contributed by atoms with E-state index in [4.69, 9.17) is 23.2 Å². The standard InChI is InChI=1S/C6H8Cl2N2O4S2/c1-3-4(15(11)12)6(7,8)10-5(9-3)16(2,13)14/h1-2H3,(H,9,10)(H,11,12)/p-1. The van der Waals surface area contributed by atoms with Crippen molar-refractivity contribution in [3.63, 3.8) is 0 Å². The van der Waals surface area contributed by atoms with Gasteiger partial charge in [-0.05, 0) is 18.0 Å². The molecule has 0 fully saturated rings. The quantitative estimate of drug-likeness (QED) is 0.425. The zero-order valence-electron chi connectivity index (χ0n) is 8.15. The summed E-state index contributed by atoms with van der Waals surface area (Å²) >= 11 is 8.61. The Labute approximate surface area is 105 Å². The number of aliphatic imine (C=N–C) groups is 1. The van der Waals surface area contributed by atoms with Crippen LogP contribution in [0.1, 0.15) is 6.92 Å². The number of hydrogen-bond acceptors (Lipinski definition) is 6. The molecule has 6 nitrogen and oxygen atoms in total. The lowest BCUT2D eigenvalue weighted by molar-refractivity contribution is 0.540. The molecule has 0 bridgehead atoms. The fourth-order valence-electron chi connectivity index (χ4n) is 1.05. The maximum Gasteiger partial charge on any atom is 0.245 e. The Morgan fingerprint density at radius 2 is 2.00 bits per heavy atom. The summed E-state index contributed by atoms with van der Waals surface area (Å²) in [7, 11) is -3.64. The molecule has 1 rings (SSSR count). The largest absolute Gasteiger partial charge is 0.768 e. The Morgan fingerprint density at radius 3 is 2.31 bits per heavy atom. The molecule has 0 radical (unpaired) electrons. The van der Waals surface area contributed by atoms with Crippen molar-refractivity contribution in [2.75, 3.05) is 6.26 Å². The number of nitrogens with one attached hydrogen (secondary N) is 1. The van der Waals surface area contributed by atoms with E-state index in [1.54, 1.807) is 0 Å². The Balaban J connectivity index is 3.34. The molecule has 0 aromatic rings. The first kappa shape index (κ1) is 13.9. The van der Waals surface area contributed by atoms with Crippen LogP contribution in [0.4, 0.5) is 0 Å². The van der Waals surface area contributed by atoms with E-state index in [-0.39, 0.29) is 5.70 Å². The molecule has 0 spiro atoms. The molecule has 0 aromatic carbocycles. The minimum Gasteiger partial charge on any atom is -0.768 e. The average Bonchev–Trinajstić information content (AvgIpc) is 1.97. The van der Waals surface area contributed by atoms with Crippen molar-refractivity contribution < 1.29 is 17.2 Å². The molecule has 16 heavy (non-hydrogen) atoms. The van der Waals surface area contributed by atoms with Crippen LogP contribution in [0.2, 0.25) is 0 Å². The summed E-state index contributed by atoms with van der Waals surface area (Å²) in [5.74, 6) is 0. The predicted molar refractivity (Wildman–Crippen MR) is 61.5 cm³/mol. The summed E-state index contributed by atoms with van der Waals surface area (Å²) in [6.07, 6.45) is 0.898. The summed E-state index contributed by atoms with van der Waals surface area (Å²) in [6, 6.07) is 0.